The van der Waals surface area contributed by atoms with E-state index < -0.39 is 11.9 Å². The summed E-state index contributed by atoms with van der Waals surface area (Å²) in [6.07, 6.45) is 1.40. The highest BCUT2D eigenvalue weighted by atomic mass is 16.7. The van der Waals surface area contributed by atoms with Crippen LogP contribution in [0.15, 0.2) is 41.0 Å². The van der Waals surface area contributed by atoms with E-state index in [-0.39, 0.29) is 12.6 Å². The van der Waals surface area contributed by atoms with Crippen molar-refractivity contribution in [2.24, 2.45) is 0 Å². The van der Waals surface area contributed by atoms with E-state index in [1.165, 1.54) is 12.3 Å². The van der Waals surface area contributed by atoms with Crippen LogP contribution in [0.5, 0.6) is 11.5 Å². The zero-order chi connectivity index (χ0) is 13.9. The summed E-state index contributed by atoms with van der Waals surface area (Å²) in [5, 5.41) is 11.8. The first kappa shape index (κ1) is 12.1. The molecule has 0 spiro atoms. The molecule has 1 unspecified atom stereocenters. The highest BCUT2D eigenvalue weighted by molar-refractivity contribution is 5.91. The Morgan fingerprint density at radius 1 is 1.30 bits per heavy atom. The predicted octanol–water partition coefficient (Wildman–Crippen LogP) is 2.00. The third-order valence-corrected chi connectivity index (χ3v) is 2.88. The number of benzene rings is 1. The van der Waals surface area contributed by atoms with E-state index in [9.17, 15) is 10.1 Å². The Morgan fingerprint density at radius 2 is 2.15 bits per heavy atom. The molecular formula is C14H10N2O4. The third kappa shape index (κ3) is 2.17. The van der Waals surface area contributed by atoms with Gasteiger partial charge in [0.15, 0.2) is 17.3 Å². The molecule has 1 aliphatic heterocycles. The van der Waals surface area contributed by atoms with E-state index in [1.54, 1.807) is 24.3 Å². The van der Waals surface area contributed by atoms with E-state index in [0.29, 0.717) is 17.1 Å². The van der Waals surface area contributed by atoms with Crippen LogP contribution in [0.2, 0.25) is 0 Å². The molecule has 0 fully saturated rings. The van der Waals surface area contributed by atoms with Crippen molar-refractivity contribution in [2.45, 2.75) is 6.04 Å². The smallest absolute Gasteiger partial charge is 0.288 e. The Labute approximate surface area is 114 Å². The van der Waals surface area contributed by atoms with Crippen molar-refractivity contribution < 1.29 is 18.7 Å². The molecule has 100 valence electrons. The molecule has 0 radical (unpaired) electrons. The molecule has 1 amide bonds. The maximum absolute atomic E-state index is 11.9. The van der Waals surface area contributed by atoms with Crippen LogP contribution in [-0.4, -0.2) is 12.7 Å². The van der Waals surface area contributed by atoms with Crippen molar-refractivity contribution >= 4 is 5.91 Å². The number of ether oxygens (including phenoxy) is 2. The number of carbonyl (C=O) groups excluding carboxylic acids is 1. The molecule has 1 N–H and O–H groups in total. The van der Waals surface area contributed by atoms with Crippen molar-refractivity contribution in [3.05, 3.63) is 47.9 Å². The molecule has 2 aromatic rings. The Kier molecular flexibility index (Phi) is 3.01. The predicted molar refractivity (Wildman–Crippen MR) is 67.1 cm³/mol. The molecule has 0 bridgehead atoms. The first-order valence-corrected chi connectivity index (χ1v) is 5.91. The van der Waals surface area contributed by atoms with Crippen molar-refractivity contribution in [1.82, 2.24) is 5.32 Å². The van der Waals surface area contributed by atoms with Gasteiger partial charge in [-0.25, -0.2) is 0 Å². The molecule has 0 aliphatic carbocycles. The summed E-state index contributed by atoms with van der Waals surface area (Å²) in [7, 11) is 0. The molecule has 1 aliphatic rings. The van der Waals surface area contributed by atoms with Gasteiger partial charge in [-0.1, -0.05) is 6.07 Å². The molecule has 0 saturated heterocycles. The molecule has 1 atom stereocenters. The zero-order valence-electron chi connectivity index (χ0n) is 10.3. The first-order chi connectivity index (χ1) is 9.78. The maximum atomic E-state index is 11.9. The Bertz CT molecular complexity index is 673. The Balaban J connectivity index is 1.80. The second kappa shape index (κ2) is 4.97. The molecule has 1 aromatic carbocycles. The summed E-state index contributed by atoms with van der Waals surface area (Å²) in [4.78, 5) is 11.9. The van der Waals surface area contributed by atoms with Gasteiger partial charge >= 0.3 is 0 Å². The molecular weight excluding hydrogens is 260 g/mol. The van der Waals surface area contributed by atoms with Gasteiger partial charge in [-0.15, -0.1) is 0 Å². The number of carbonyl (C=O) groups is 1. The number of nitrogens with zero attached hydrogens (tertiary/aromatic N) is 1. The van der Waals surface area contributed by atoms with Crippen LogP contribution >= 0.6 is 0 Å². The van der Waals surface area contributed by atoms with Crippen molar-refractivity contribution in [2.75, 3.05) is 6.79 Å². The van der Waals surface area contributed by atoms with Gasteiger partial charge in [0.05, 0.1) is 12.3 Å². The van der Waals surface area contributed by atoms with Crippen LogP contribution in [0.4, 0.5) is 0 Å². The number of nitrogens with one attached hydrogen (secondary N) is 1. The Morgan fingerprint density at radius 3 is 2.90 bits per heavy atom. The second-order valence-electron chi connectivity index (χ2n) is 4.13. The quantitative estimate of drug-likeness (QED) is 0.922. The SMILES string of the molecule is N#CC(NC(=O)c1ccco1)c1ccc2c(c1)OCO2. The van der Waals surface area contributed by atoms with Gasteiger partial charge in [0.2, 0.25) is 6.79 Å². The fourth-order valence-corrected chi connectivity index (χ4v) is 1.89. The van der Waals surface area contributed by atoms with E-state index >= 15 is 0 Å². The van der Waals surface area contributed by atoms with Crippen LogP contribution in [0, 0.1) is 11.3 Å². The molecule has 3 rings (SSSR count). The molecule has 6 nitrogen and oxygen atoms in total. The lowest BCUT2D eigenvalue weighted by molar-refractivity contribution is 0.0917. The number of hydrogen-bond acceptors (Lipinski definition) is 5. The highest BCUT2D eigenvalue weighted by Gasteiger charge is 2.20. The largest absolute Gasteiger partial charge is 0.459 e. The number of hydrogen-bond donors (Lipinski definition) is 1. The summed E-state index contributed by atoms with van der Waals surface area (Å²) in [6, 6.07) is 9.48. The minimum absolute atomic E-state index is 0.158. The molecule has 20 heavy (non-hydrogen) atoms. The first-order valence-electron chi connectivity index (χ1n) is 5.91. The zero-order valence-corrected chi connectivity index (χ0v) is 10.3. The lowest BCUT2D eigenvalue weighted by atomic mass is 10.1. The van der Waals surface area contributed by atoms with Crippen molar-refractivity contribution in [3.8, 4) is 17.6 Å². The average molecular weight is 270 g/mol. The summed E-state index contributed by atoms with van der Waals surface area (Å²) in [5.74, 6) is 0.906. The van der Waals surface area contributed by atoms with Crippen LogP contribution in [-0.2, 0) is 0 Å². The maximum Gasteiger partial charge on any atom is 0.288 e. The van der Waals surface area contributed by atoms with Crippen molar-refractivity contribution in [1.29, 1.82) is 5.26 Å². The van der Waals surface area contributed by atoms with Gasteiger partial charge in [-0.3, -0.25) is 4.79 Å². The lowest BCUT2D eigenvalue weighted by Gasteiger charge is -2.11. The van der Waals surface area contributed by atoms with Gasteiger partial charge in [0.1, 0.15) is 6.04 Å². The van der Waals surface area contributed by atoms with E-state index in [0.717, 1.165) is 0 Å². The molecule has 0 saturated carbocycles. The summed E-state index contributed by atoms with van der Waals surface area (Å²) in [6.45, 7) is 0.161. The normalized spacial score (nSPS) is 13.6. The van der Waals surface area contributed by atoms with E-state index in [2.05, 4.69) is 5.32 Å². The van der Waals surface area contributed by atoms with Crippen LogP contribution in [0.3, 0.4) is 0 Å². The molecule has 6 heteroatoms. The van der Waals surface area contributed by atoms with Gasteiger partial charge < -0.3 is 19.2 Å². The number of rotatable bonds is 3. The van der Waals surface area contributed by atoms with Gasteiger partial charge in [0.25, 0.3) is 5.91 Å². The number of nitriles is 1. The Hall–Kier alpha value is -2.94. The number of fused-ring (bicyclic) bond motifs is 1. The van der Waals surface area contributed by atoms with E-state index in [4.69, 9.17) is 13.9 Å². The average Bonchev–Trinajstić information content (AvgIpc) is 3.14. The van der Waals surface area contributed by atoms with Gasteiger partial charge in [-0.2, -0.15) is 5.26 Å². The standard InChI is InChI=1S/C14H10N2O4/c15-7-10(16-14(17)12-2-1-5-18-12)9-3-4-11-13(6-9)20-8-19-11/h1-6,10H,8H2,(H,16,17). The molecule has 2 heterocycles. The highest BCUT2D eigenvalue weighted by Crippen LogP contribution is 2.34. The van der Waals surface area contributed by atoms with Crippen LogP contribution in [0.25, 0.3) is 0 Å². The van der Waals surface area contributed by atoms with Crippen molar-refractivity contribution in [3.63, 3.8) is 0 Å². The van der Waals surface area contributed by atoms with Gasteiger partial charge in [-0.05, 0) is 29.8 Å². The summed E-state index contributed by atoms with van der Waals surface area (Å²) < 4.78 is 15.4. The van der Waals surface area contributed by atoms with Gasteiger partial charge in [0, 0.05) is 0 Å². The fourth-order valence-electron chi connectivity index (χ4n) is 1.89. The topological polar surface area (TPSA) is 84.5 Å². The van der Waals surface area contributed by atoms with E-state index in [1.807, 2.05) is 6.07 Å². The number of amides is 1. The lowest BCUT2D eigenvalue weighted by Crippen LogP contribution is -2.27. The fraction of sp³-hybridized carbons (Fsp3) is 0.143. The minimum Gasteiger partial charge on any atom is -0.459 e. The monoisotopic (exact) mass is 270 g/mol. The van der Waals surface area contributed by atoms with Crippen LogP contribution < -0.4 is 14.8 Å². The summed E-state index contributed by atoms with van der Waals surface area (Å²) >= 11 is 0. The summed E-state index contributed by atoms with van der Waals surface area (Å²) in [5.41, 5.74) is 0.622. The minimum atomic E-state index is -0.790. The van der Waals surface area contributed by atoms with Crippen LogP contribution in [0.1, 0.15) is 22.2 Å². The third-order valence-electron chi connectivity index (χ3n) is 2.88. The number of furan rings is 1. The second-order valence-corrected chi connectivity index (χ2v) is 4.13. The molecule has 1 aromatic heterocycles.